The van der Waals surface area contributed by atoms with Crippen molar-refractivity contribution in [3.63, 3.8) is 0 Å². The first kappa shape index (κ1) is 39.5. The van der Waals surface area contributed by atoms with Crippen molar-refractivity contribution in [2.24, 2.45) is 0 Å². The van der Waals surface area contributed by atoms with Gasteiger partial charge in [-0.1, -0.05) is 120 Å². The quantitative estimate of drug-likeness (QED) is 0.241. The van der Waals surface area contributed by atoms with Gasteiger partial charge in [0.05, 0.1) is 0 Å². The number of phenolic OH excluding ortho intramolecular Hbond substituents is 2. The second-order valence-electron chi connectivity index (χ2n) is 16.5. The molecule has 0 aromatic heterocycles. The summed E-state index contributed by atoms with van der Waals surface area (Å²) in [6.45, 7) is 27.7. The van der Waals surface area contributed by atoms with Crippen LogP contribution in [0.4, 0.5) is 0 Å². The summed E-state index contributed by atoms with van der Waals surface area (Å²) >= 11 is -1.62. The summed E-state index contributed by atoms with van der Waals surface area (Å²) in [6, 6.07) is 9.36. The molecule has 251 valence electrons. The Bertz CT molecular complexity index is 1140. The fourth-order valence-electron chi connectivity index (χ4n) is 5.77. The van der Waals surface area contributed by atoms with Crippen molar-refractivity contribution in [2.45, 2.75) is 156 Å². The van der Waals surface area contributed by atoms with Crippen LogP contribution in [0, 0.1) is 0 Å². The molecule has 0 unspecified atom stereocenters. The number of benzene rings is 2. The predicted molar refractivity (Wildman–Crippen MR) is 188 cm³/mol. The van der Waals surface area contributed by atoms with E-state index in [-0.39, 0.29) is 21.7 Å². The van der Waals surface area contributed by atoms with E-state index in [9.17, 15) is 10.2 Å². The molecule has 2 aromatic carbocycles. The third-order valence-corrected chi connectivity index (χ3v) is 8.60. The minimum atomic E-state index is -1.62. The minimum absolute atomic E-state index is 0.00683. The average Bonchev–Trinajstić information content (AvgIpc) is 2.84. The molecule has 0 amide bonds. The zero-order valence-corrected chi connectivity index (χ0v) is 32.7. The molecule has 3 rings (SSSR count). The molecule has 2 aromatic rings. The van der Waals surface area contributed by atoms with E-state index in [1.165, 1.54) is 24.0 Å². The molecule has 1 fully saturated rings. The van der Waals surface area contributed by atoms with Gasteiger partial charge < -0.3 is 20.8 Å². The maximum absolute atomic E-state index is 11.3. The SMILES string of the molecule is CC(C)(C)c1cc(CN[C@@H]2CCCC[C@H]2NCc2cc(C(C)(C)C)cc(C(C)(C)C)c2O)c(O)c(C(C)(C)C)c1.[Cl][Cr]([Cl])[Cl]. The van der Waals surface area contributed by atoms with Crippen LogP contribution in [0.25, 0.3) is 0 Å². The normalized spacial score (nSPS) is 18.3. The van der Waals surface area contributed by atoms with E-state index in [1.54, 1.807) is 0 Å². The molecule has 0 radical (unpaired) electrons. The van der Waals surface area contributed by atoms with Gasteiger partial charge >= 0.3 is 41.5 Å². The zero-order chi connectivity index (χ0) is 33.8. The Balaban J connectivity index is 0.00000159. The summed E-state index contributed by atoms with van der Waals surface area (Å²) in [5.74, 6) is 0.846. The van der Waals surface area contributed by atoms with Crippen molar-refractivity contribution < 1.29 is 21.6 Å². The van der Waals surface area contributed by atoms with Crippen molar-refractivity contribution in [3.05, 3.63) is 57.6 Å². The van der Waals surface area contributed by atoms with Crippen LogP contribution in [0.15, 0.2) is 24.3 Å². The summed E-state index contributed by atoms with van der Waals surface area (Å²) < 4.78 is 0. The Morgan fingerprint density at radius 3 is 1.14 bits per heavy atom. The molecular formula is C36H58Cl3CrN2O2. The molecule has 0 spiro atoms. The van der Waals surface area contributed by atoms with Crippen molar-refractivity contribution in [1.82, 2.24) is 10.6 Å². The van der Waals surface area contributed by atoms with Gasteiger partial charge in [-0.05, 0) is 56.8 Å². The van der Waals surface area contributed by atoms with Crippen LogP contribution in [-0.2, 0) is 46.1 Å². The van der Waals surface area contributed by atoms with Crippen molar-refractivity contribution in [1.29, 1.82) is 0 Å². The first-order valence-electron chi connectivity index (χ1n) is 15.9. The molecule has 0 heterocycles. The number of nitrogens with one attached hydrogen (secondary N) is 2. The molecule has 44 heavy (non-hydrogen) atoms. The van der Waals surface area contributed by atoms with Crippen LogP contribution >= 0.6 is 30.1 Å². The van der Waals surface area contributed by atoms with Crippen LogP contribution in [-0.4, -0.2) is 22.3 Å². The second-order valence-corrected chi connectivity index (χ2v) is 22.8. The molecular weight excluding hydrogens is 651 g/mol. The van der Waals surface area contributed by atoms with Crippen LogP contribution in [0.2, 0.25) is 0 Å². The summed E-state index contributed by atoms with van der Waals surface area (Å²) in [5, 5.41) is 30.2. The van der Waals surface area contributed by atoms with Gasteiger partial charge in [-0.3, -0.25) is 0 Å². The number of rotatable bonds is 6. The fraction of sp³-hybridized carbons (Fsp3) is 0.667. The summed E-state index contributed by atoms with van der Waals surface area (Å²) in [5.41, 5.74) is 6.25. The summed E-state index contributed by atoms with van der Waals surface area (Å²) in [7, 11) is 14.8. The summed E-state index contributed by atoms with van der Waals surface area (Å²) in [6.07, 6.45) is 4.61. The number of aromatic hydroxyl groups is 2. The first-order valence-corrected chi connectivity index (χ1v) is 21.1. The first-order chi connectivity index (χ1) is 19.9. The zero-order valence-electron chi connectivity index (χ0n) is 29.1. The fourth-order valence-corrected chi connectivity index (χ4v) is 5.77. The van der Waals surface area contributed by atoms with Gasteiger partial charge in [0, 0.05) is 36.3 Å². The average molecular weight is 709 g/mol. The number of hydrogen-bond acceptors (Lipinski definition) is 4. The molecule has 0 aliphatic heterocycles. The number of halogens is 3. The van der Waals surface area contributed by atoms with E-state index in [0.717, 1.165) is 35.1 Å². The van der Waals surface area contributed by atoms with Gasteiger partial charge in [-0.15, -0.1) is 0 Å². The van der Waals surface area contributed by atoms with Crippen LogP contribution in [0.5, 0.6) is 11.5 Å². The molecule has 1 aliphatic carbocycles. The second kappa shape index (κ2) is 15.5. The summed E-state index contributed by atoms with van der Waals surface area (Å²) in [4.78, 5) is 0. The van der Waals surface area contributed by atoms with E-state index in [4.69, 9.17) is 30.1 Å². The van der Waals surface area contributed by atoms with E-state index >= 15 is 0 Å². The van der Waals surface area contributed by atoms with E-state index in [2.05, 4.69) is 118 Å². The van der Waals surface area contributed by atoms with Crippen LogP contribution < -0.4 is 10.6 Å². The van der Waals surface area contributed by atoms with Gasteiger partial charge in [0.1, 0.15) is 11.5 Å². The van der Waals surface area contributed by atoms with Gasteiger partial charge in [-0.2, -0.15) is 0 Å². The molecule has 4 nitrogen and oxygen atoms in total. The van der Waals surface area contributed by atoms with E-state index in [0.29, 0.717) is 36.7 Å². The molecule has 1 saturated carbocycles. The van der Waals surface area contributed by atoms with Crippen LogP contribution in [0.3, 0.4) is 0 Å². The van der Waals surface area contributed by atoms with E-state index < -0.39 is 11.4 Å². The van der Waals surface area contributed by atoms with Gasteiger partial charge in [-0.25, -0.2) is 0 Å². The molecule has 8 heteroatoms. The number of phenols is 2. The van der Waals surface area contributed by atoms with Crippen molar-refractivity contribution in [2.75, 3.05) is 0 Å². The maximum atomic E-state index is 11.3. The molecule has 0 bridgehead atoms. The molecule has 4 N–H and O–H groups in total. The third kappa shape index (κ3) is 11.6. The topological polar surface area (TPSA) is 64.5 Å². The Morgan fingerprint density at radius 2 is 0.886 bits per heavy atom. The standard InChI is InChI=1S/C36H58N2O2.3ClH.Cr/c1-33(2,3)25-17-23(31(39)27(19-25)35(7,8)9)21-37-29-15-13-14-16-30(29)38-22-24-18-26(34(4,5)6)20-28(32(24)40)36(10,11)12;;;;/h17-20,29-30,37-40H,13-16,21-22H2,1-12H3;3*1H;/q;;;;+3/p-3/t29-,30-;;;;/m1..../s1. The Hall–Kier alpha value is -0.638. The number of hydrogen-bond donors (Lipinski definition) is 4. The molecule has 2 atom stereocenters. The van der Waals surface area contributed by atoms with E-state index in [1.807, 2.05) is 0 Å². The van der Waals surface area contributed by atoms with Gasteiger partial charge in [0.2, 0.25) is 0 Å². The Kier molecular flexibility index (Phi) is 13.9. The van der Waals surface area contributed by atoms with Gasteiger partial charge in [0.15, 0.2) is 0 Å². The van der Waals surface area contributed by atoms with Crippen molar-refractivity contribution in [3.8, 4) is 11.5 Å². The van der Waals surface area contributed by atoms with Crippen molar-refractivity contribution >= 4 is 30.1 Å². The van der Waals surface area contributed by atoms with Crippen LogP contribution in [0.1, 0.15) is 142 Å². The monoisotopic (exact) mass is 707 g/mol. The van der Waals surface area contributed by atoms with Gasteiger partial charge in [0.25, 0.3) is 0 Å². The Labute approximate surface area is 285 Å². The predicted octanol–water partition coefficient (Wildman–Crippen LogP) is 10.5. The molecule has 1 aliphatic rings. The molecule has 0 saturated heterocycles. The third-order valence-electron chi connectivity index (χ3n) is 8.60. The Morgan fingerprint density at radius 1 is 0.591 bits per heavy atom.